The highest BCUT2D eigenvalue weighted by molar-refractivity contribution is 5.91. The molecule has 1 fully saturated rings. The van der Waals surface area contributed by atoms with Crippen LogP contribution in [-0.4, -0.2) is 27.9 Å². The van der Waals surface area contributed by atoms with Crippen molar-refractivity contribution in [3.8, 4) is 0 Å². The lowest BCUT2D eigenvalue weighted by atomic mass is 9.89. The Labute approximate surface area is 183 Å². The lowest BCUT2D eigenvalue weighted by Crippen LogP contribution is -2.32. The van der Waals surface area contributed by atoms with Crippen LogP contribution in [-0.2, 0) is 22.6 Å². The third-order valence-electron chi connectivity index (χ3n) is 5.95. The molecule has 0 radical (unpaired) electrons. The maximum Gasteiger partial charge on any atom is 0.244 e. The number of hydrogen-bond acceptors (Lipinski definition) is 3. The highest BCUT2D eigenvalue weighted by Gasteiger charge is 2.20. The van der Waals surface area contributed by atoms with E-state index in [1.807, 2.05) is 59.2 Å². The number of carbonyl (C=O) groups is 2. The molecule has 0 aliphatic heterocycles. The molecule has 1 heterocycles. The van der Waals surface area contributed by atoms with E-state index in [0.29, 0.717) is 13.0 Å². The van der Waals surface area contributed by atoms with E-state index >= 15 is 0 Å². The first-order valence-corrected chi connectivity index (χ1v) is 11.3. The Morgan fingerprint density at radius 1 is 0.968 bits per heavy atom. The number of amides is 2. The summed E-state index contributed by atoms with van der Waals surface area (Å²) in [5, 5.41) is 6.04. The van der Waals surface area contributed by atoms with E-state index in [9.17, 15) is 9.59 Å². The number of para-hydroxylation sites is 3. The number of benzene rings is 2. The van der Waals surface area contributed by atoms with Gasteiger partial charge in [0.1, 0.15) is 12.4 Å². The average Bonchev–Trinajstić information content (AvgIpc) is 3.15. The highest BCUT2D eigenvalue weighted by atomic mass is 16.2. The van der Waals surface area contributed by atoms with Gasteiger partial charge in [-0.15, -0.1) is 0 Å². The van der Waals surface area contributed by atoms with E-state index in [1.54, 1.807) is 0 Å². The Morgan fingerprint density at radius 3 is 2.52 bits per heavy atom. The van der Waals surface area contributed by atoms with Crippen LogP contribution < -0.4 is 10.6 Å². The first-order valence-electron chi connectivity index (χ1n) is 11.3. The van der Waals surface area contributed by atoms with E-state index in [4.69, 9.17) is 4.98 Å². The number of aromatic nitrogens is 2. The SMILES string of the molecule is O=C(Cn1c(CCCNC(=O)C2CCCCC2)nc2ccccc21)Nc1ccccc1. The van der Waals surface area contributed by atoms with Crippen molar-refractivity contribution in [3.63, 3.8) is 0 Å². The zero-order chi connectivity index (χ0) is 21.5. The van der Waals surface area contributed by atoms with Gasteiger partial charge in [0.2, 0.25) is 11.8 Å². The summed E-state index contributed by atoms with van der Waals surface area (Å²) in [4.78, 5) is 29.8. The van der Waals surface area contributed by atoms with Gasteiger partial charge in [-0.2, -0.15) is 0 Å². The second-order valence-corrected chi connectivity index (χ2v) is 8.25. The van der Waals surface area contributed by atoms with Crippen LogP contribution in [0.3, 0.4) is 0 Å². The predicted molar refractivity (Wildman–Crippen MR) is 123 cm³/mol. The maximum absolute atomic E-state index is 12.7. The van der Waals surface area contributed by atoms with Gasteiger partial charge < -0.3 is 15.2 Å². The molecule has 31 heavy (non-hydrogen) atoms. The molecule has 162 valence electrons. The van der Waals surface area contributed by atoms with Crippen molar-refractivity contribution >= 4 is 28.5 Å². The van der Waals surface area contributed by atoms with Gasteiger partial charge in [0.25, 0.3) is 0 Å². The number of hydrogen-bond donors (Lipinski definition) is 2. The van der Waals surface area contributed by atoms with Crippen LogP contribution in [0, 0.1) is 5.92 Å². The fraction of sp³-hybridized carbons (Fsp3) is 0.400. The third kappa shape index (κ3) is 5.51. The molecule has 6 nitrogen and oxygen atoms in total. The number of carbonyl (C=O) groups excluding carboxylic acids is 2. The Bertz CT molecular complexity index is 1020. The number of fused-ring (bicyclic) bond motifs is 1. The molecule has 1 saturated carbocycles. The molecule has 0 unspecified atom stereocenters. The van der Waals surface area contributed by atoms with Crippen LogP contribution in [0.1, 0.15) is 44.3 Å². The van der Waals surface area contributed by atoms with Gasteiger partial charge >= 0.3 is 0 Å². The van der Waals surface area contributed by atoms with Gasteiger partial charge in [-0.25, -0.2) is 4.98 Å². The molecule has 4 rings (SSSR count). The van der Waals surface area contributed by atoms with E-state index in [1.165, 1.54) is 6.42 Å². The zero-order valence-electron chi connectivity index (χ0n) is 17.8. The topological polar surface area (TPSA) is 76.0 Å². The smallest absolute Gasteiger partial charge is 0.244 e. The summed E-state index contributed by atoms with van der Waals surface area (Å²) >= 11 is 0. The minimum Gasteiger partial charge on any atom is -0.356 e. The molecule has 1 aromatic heterocycles. The standard InChI is InChI=1S/C25H30N4O2/c30-24(27-20-12-5-2-6-13-20)18-29-22-15-8-7-14-21(22)28-23(29)16-9-17-26-25(31)19-10-3-1-4-11-19/h2,5-8,12-15,19H,1,3-4,9-11,16-18H2,(H,26,31)(H,27,30). The van der Waals surface area contributed by atoms with Gasteiger partial charge in [-0.3, -0.25) is 9.59 Å². The number of anilines is 1. The van der Waals surface area contributed by atoms with E-state index < -0.39 is 0 Å². The van der Waals surface area contributed by atoms with Crippen molar-refractivity contribution in [3.05, 3.63) is 60.4 Å². The van der Waals surface area contributed by atoms with Crippen LogP contribution in [0.25, 0.3) is 11.0 Å². The molecular formula is C25H30N4O2. The molecular weight excluding hydrogens is 388 g/mol. The van der Waals surface area contributed by atoms with Crippen molar-refractivity contribution < 1.29 is 9.59 Å². The van der Waals surface area contributed by atoms with Crippen LogP contribution in [0.5, 0.6) is 0 Å². The largest absolute Gasteiger partial charge is 0.356 e. The quantitative estimate of drug-likeness (QED) is 0.536. The lowest BCUT2D eigenvalue weighted by molar-refractivity contribution is -0.125. The summed E-state index contributed by atoms with van der Waals surface area (Å²) in [7, 11) is 0. The molecule has 1 aliphatic rings. The lowest BCUT2D eigenvalue weighted by Gasteiger charge is -2.20. The number of imidazole rings is 1. The molecule has 0 saturated heterocycles. The molecule has 2 N–H and O–H groups in total. The number of rotatable bonds is 8. The molecule has 2 aromatic carbocycles. The van der Waals surface area contributed by atoms with Crippen molar-refractivity contribution in [2.24, 2.45) is 5.92 Å². The summed E-state index contributed by atoms with van der Waals surface area (Å²) in [6.45, 7) is 0.841. The third-order valence-corrected chi connectivity index (χ3v) is 5.95. The number of nitrogens with zero attached hydrogens (tertiary/aromatic N) is 2. The van der Waals surface area contributed by atoms with Crippen molar-refractivity contribution in [1.29, 1.82) is 0 Å². The Morgan fingerprint density at radius 2 is 1.71 bits per heavy atom. The molecule has 3 aromatic rings. The normalized spacial score (nSPS) is 14.5. The summed E-state index contributed by atoms with van der Waals surface area (Å²) in [6.07, 6.45) is 7.09. The Balaban J connectivity index is 1.38. The minimum atomic E-state index is -0.0822. The Hall–Kier alpha value is -3.15. The van der Waals surface area contributed by atoms with Crippen LogP contribution in [0.2, 0.25) is 0 Å². The number of nitrogens with one attached hydrogen (secondary N) is 2. The zero-order valence-corrected chi connectivity index (χ0v) is 17.8. The molecule has 0 atom stereocenters. The van der Waals surface area contributed by atoms with Crippen molar-refractivity contribution in [1.82, 2.24) is 14.9 Å². The molecule has 0 spiro atoms. The van der Waals surface area contributed by atoms with Crippen molar-refractivity contribution in [2.45, 2.75) is 51.5 Å². The fourth-order valence-corrected chi connectivity index (χ4v) is 4.33. The minimum absolute atomic E-state index is 0.0822. The summed E-state index contributed by atoms with van der Waals surface area (Å²) in [5.41, 5.74) is 2.62. The second kappa shape index (κ2) is 10.2. The first-order chi connectivity index (χ1) is 15.2. The molecule has 2 amide bonds. The van der Waals surface area contributed by atoms with Gasteiger partial charge in [-0.05, 0) is 43.5 Å². The number of aryl methyl sites for hydroxylation is 1. The predicted octanol–water partition coefficient (Wildman–Crippen LogP) is 4.30. The monoisotopic (exact) mass is 418 g/mol. The van der Waals surface area contributed by atoms with Crippen LogP contribution in [0.15, 0.2) is 54.6 Å². The van der Waals surface area contributed by atoms with Crippen LogP contribution >= 0.6 is 0 Å². The van der Waals surface area contributed by atoms with Gasteiger partial charge in [0.05, 0.1) is 11.0 Å². The summed E-state index contributed by atoms with van der Waals surface area (Å²) in [6, 6.07) is 17.3. The van der Waals surface area contributed by atoms with E-state index in [-0.39, 0.29) is 24.3 Å². The highest BCUT2D eigenvalue weighted by Crippen LogP contribution is 2.23. The maximum atomic E-state index is 12.7. The first kappa shape index (κ1) is 21.1. The molecule has 6 heteroatoms. The van der Waals surface area contributed by atoms with Gasteiger partial charge in [-0.1, -0.05) is 49.6 Å². The fourth-order valence-electron chi connectivity index (χ4n) is 4.33. The summed E-state index contributed by atoms with van der Waals surface area (Å²) < 4.78 is 1.98. The van der Waals surface area contributed by atoms with Crippen molar-refractivity contribution in [2.75, 3.05) is 11.9 Å². The van der Waals surface area contributed by atoms with Crippen LogP contribution in [0.4, 0.5) is 5.69 Å². The second-order valence-electron chi connectivity index (χ2n) is 8.25. The van der Waals surface area contributed by atoms with E-state index in [0.717, 1.165) is 54.6 Å². The summed E-state index contributed by atoms with van der Waals surface area (Å²) in [5.74, 6) is 1.16. The van der Waals surface area contributed by atoms with E-state index in [2.05, 4.69) is 10.6 Å². The Kier molecular flexibility index (Phi) is 6.97. The molecule has 1 aliphatic carbocycles. The molecule has 0 bridgehead atoms. The average molecular weight is 419 g/mol. The van der Waals surface area contributed by atoms with Gasteiger partial charge in [0.15, 0.2) is 0 Å². The van der Waals surface area contributed by atoms with Gasteiger partial charge in [0, 0.05) is 24.6 Å².